The summed E-state index contributed by atoms with van der Waals surface area (Å²) < 4.78 is 2.65. The molecule has 0 aliphatic carbocycles. The first-order valence-electron chi connectivity index (χ1n) is 13.6. The predicted molar refractivity (Wildman–Crippen MR) is 174 cm³/mol. The Bertz CT molecular complexity index is 2170. The number of rotatable bonds is 4. The Morgan fingerprint density at radius 1 is 0.400 bits per heavy atom. The van der Waals surface area contributed by atoms with Gasteiger partial charge in [0.15, 0.2) is 0 Å². The van der Waals surface area contributed by atoms with Crippen molar-refractivity contribution in [3.8, 4) is 11.1 Å². The lowest BCUT2D eigenvalue weighted by molar-refractivity contribution is 1.29. The smallest absolute Gasteiger partial charge is 0.0546 e. The van der Waals surface area contributed by atoms with Gasteiger partial charge in [0.05, 0.1) is 5.69 Å². The van der Waals surface area contributed by atoms with Crippen molar-refractivity contribution < 1.29 is 0 Å². The summed E-state index contributed by atoms with van der Waals surface area (Å²) in [6, 6.07) is 55.1. The standard InChI is InChI=1S/C38H25NS/c1-2-13-30(14-3-1)39(31-21-18-26-10-4-5-12-28(26)24-31)35-22-19-27-11-6-7-15-32(27)38(35)29-20-23-37-34(25-29)33-16-8-9-17-36(33)40-37/h1-25H. The van der Waals surface area contributed by atoms with Crippen LogP contribution >= 0.6 is 11.3 Å². The molecular formula is C38H25NS. The first kappa shape index (κ1) is 23.0. The van der Waals surface area contributed by atoms with Crippen molar-refractivity contribution in [2.45, 2.75) is 0 Å². The molecule has 2 heteroatoms. The fourth-order valence-electron chi connectivity index (χ4n) is 5.95. The van der Waals surface area contributed by atoms with Crippen molar-refractivity contribution in [3.05, 3.63) is 152 Å². The van der Waals surface area contributed by atoms with Crippen molar-refractivity contribution in [2.24, 2.45) is 0 Å². The van der Waals surface area contributed by atoms with E-state index in [1.807, 2.05) is 11.3 Å². The van der Waals surface area contributed by atoms with Gasteiger partial charge < -0.3 is 4.90 Å². The van der Waals surface area contributed by atoms with Crippen LogP contribution in [-0.4, -0.2) is 0 Å². The summed E-state index contributed by atoms with van der Waals surface area (Å²) in [5.74, 6) is 0. The number of hydrogen-bond donors (Lipinski definition) is 0. The van der Waals surface area contributed by atoms with E-state index in [2.05, 4.69) is 157 Å². The molecule has 0 aliphatic rings. The van der Waals surface area contributed by atoms with Crippen LogP contribution < -0.4 is 4.90 Å². The molecule has 8 rings (SSSR count). The highest BCUT2D eigenvalue weighted by Gasteiger charge is 2.20. The number of anilines is 3. The molecule has 188 valence electrons. The van der Waals surface area contributed by atoms with E-state index in [-0.39, 0.29) is 0 Å². The minimum atomic E-state index is 1.14. The third kappa shape index (κ3) is 3.77. The quantitative estimate of drug-likeness (QED) is 0.220. The van der Waals surface area contributed by atoms with Crippen LogP contribution in [0.3, 0.4) is 0 Å². The molecule has 0 N–H and O–H groups in total. The van der Waals surface area contributed by atoms with Gasteiger partial charge in [-0.25, -0.2) is 0 Å². The predicted octanol–water partition coefficient (Wildman–Crippen LogP) is 11.5. The van der Waals surface area contributed by atoms with Gasteiger partial charge >= 0.3 is 0 Å². The summed E-state index contributed by atoms with van der Waals surface area (Å²) in [7, 11) is 0. The fourth-order valence-corrected chi connectivity index (χ4v) is 7.04. The highest BCUT2D eigenvalue weighted by molar-refractivity contribution is 7.25. The van der Waals surface area contributed by atoms with Gasteiger partial charge in [0.2, 0.25) is 0 Å². The lowest BCUT2D eigenvalue weighted by atomic mass is 9.94. The van der Waals surface area contributed by atoms with Gasteiger partial charge in [-0.15, -0.1) is 11.3 Å². The molecule has 0 saturated carbocycles. The number of fused-ring (bicyclic) bond motifs is 5. The molecule has 40 heavy (non-hydrogen) atoms. The van der Waals surface area contributed by atoms with Crippen LogP contribution in [0.5, 0.6) is 0 Å². The largest absolute Gasteiger partial charge is 0.310 e. The molecule has 0 fully saturated rings. The van der Waals surface area contributed by atoms with Gasteiger partial charge in [0.1, 0.15) is 0 Å². The zero-order valence-electron chi connectivity index (χ0n) is 21.8. The molecule has 1 nitrogen and oxygen atoms in total. The second-order valence-electron chi connectivity index (χ2n) is 10.2. The average Bonchev–Trinajstić information content (AvgIpc) is 3.39. The summed E-state index contributed by atoms with van der Waals surface area (Å²) in [6.45, 7) is 0. The lowest BCUT2D eigenvalue weighted by Gasteiger charge is -2.29. The molecule has 8 aromatic rings. The van der Waals surface area contributed by atoms with Gasteiger partial charge in [-0.1, -0.05) is 103 Å². The summed E-state index contributed by atoms with van der Waals surface area (Å²) in [4.78, 5) is 2.41. The molecule has 7 aromatic carbocycles. The summed E-state index contributed by atoms with van der Waals surface area (Å²) in [5, 5.41) is 7.60. The first-order chi connectivity index (χ1) is 19.8. The van der Waals surface area contributed by atoms with Crippen molar-refractivity contribution in [2.75, 3.05) is 4.90 Å². The number of hydrogen-bond acceptors (Lipinski definition) is 2. The summed E-state index contributed by atoms with van der Waals surface area (Å²) >= 11 is 1.86. The second kappa shape index (κ2) is 9.37. The zero-order chi connectivity index (χ0) is 26.5. The van der Waals surface area contributed by atoms with Crippen LogP contribution in [0.2, 0.25) is 0 Å². The van der Waals surface area contributed by atoms with Gasteiger partial charge in [-0.3, -0.25) is 0 Å². The summed E-state index contributed by atoms with van der Waals surface area (Å²) in [6.07, 6.45) is 0. The van der Waals surface area contributed by atoms with Crippen molar-refractivity contribution in [3.63, 3.8) is 0 Å². The molecule has 0 aliphatic heterocycles. The molecule has 0 saturated heterocycles. The van der Waals surface area contributed by atoms with E-state index in [4.69, 9.17) is 0 Å². The van der Waals surface area contributed by atoms with Gasteiger partial charge in [0.25, 0.3) is 0 Å². The Labute approximate surface area is 237 Å². The molecule has 0 amide bonds. The number of para-hydroxylation sites is 1. The Morgan fingerprint density at radius 2 is 1.07 bits per heavy atom. The van der Waals surface area contributed by atoms with E-state index in [1.165, 1.54) is 58.5 Å². The maximum absolute atomic E-state index is 2.41. The van der Waals surface area contributed by atoms with Crippen LogP contribution in [0.1, 0.15) is 0 Å². The van der Waals surface area contributed by atoms with Crippen molar-refractivity contribution in [1.82, 2.24) is 0 Å². The second-order valence-corrected chi connectivity index (χ2v) is 11.3. The number of nitrogens with zero attached hydrogens (tertiary/aromatic N) is 1. The Kier molecular flexibility index (Phi) is 5.39. The van der Waals surface area contributed by atoms with Crippen molar-refractivity contribution in [1.29, 1.82) is 0 Å². The van der Waals surface area contributed by atoms with E-state index in [0.717, 1.165) is 11.4 Å². The molecule has 0 atom stereocenters. The van der Waals surface area contributed by atoms with Gasteiger partial charge in [-0.05, 0) is 75.6 Å². The van der Waals surface area contributed by atoms with E-state index in [9.17, 15) is 0 Å². The molecule has 0 radical (unpaired) electrons. The third-order valence-corrected chi connectivity index (χ3v) is 8.97. The zero-order valence-corrected chi connectivity index (χ0v) is 22.6. The molecule has 0 spiro atoms. The van der Waals surface area contributed by atoms with Gasteiger partial charge in [-0.2, -0.15) is 0 Å². The number of thiophene rings is 1. The molecule has 1 aromatic heterocycles. The Balaban J connectivity index is 1.44. The molecule has 1 heterocycles. The SMILES string of the molecule is c1ccc(N(c2ccc3ccccc3c2)c2ccc3ccccc3c2-c2ccc3sc4ccccc4c3c2)cc1. The fraction of sp³-hybridized carbons (Fsp3) is 0. The van der Waals surface area contributed by atoms with Crippen LogP contribution in [0.4, 0.5) is 17.1 Å². The van der Waals surface area contributed by atoms with E-state index in [1.54, 1.807) is 0 Å². The van der Waals surface area contributed by atoms with Crippen LogP contribution in [0.25, 0.3) is 52.8 Å². The Hall–Kier alpha value is -4.92. The third-order valence-electron chi connectivity index (χ3n) is 7.82. The molecular weight excluding hydrogens is 502 g/mol. The van der Waals surface area contributed by atoms with E-state index >= 15 is 0 Å². The summed E-state index contributed by atoms with van der Waals surface area (Å²) in [5.41, 5.74) is 5.91. The van der Waals surface area contributed by atoms with Gasteiger partial charge in [0, 0.05) is 37.1 Å². The van der Waals surface area contributed by atoms with Crippen LogP contribution in [0.15, 0.2) is 152 Å². The van der Waals surface area contributed by atoms with Crippen LogP contribution in [-0.2, 0) is 0 Å². The number of benzene rings is 7. The highest BCUT2D eigenvalue weighted by Crippen LogP contribution is 2.46. The topological polar surface area (TPSA) is 3.24 Å². The molecule has 0 unspecified atom stereocenters. The lowest BCUT2D eigenvalue weighted by Crippen LogP contribution is -2.11. The van der Waals surface area contributed by atoms with E-state index in [0.29, 0.717) is 0 Å². The molecule has 0 bridgehead atoms. The normalized spacial score (nSPS) is 11.5. The average molecular weight is 528 g/mol. The highest BCUT2D eigenvalue weighted by atomic mass is 32.1. The monoisotopic (exact) mass is 527 g/mol. The van der Waals surface area contributed by atoms with Crippen LogP contribution in [0, 0.1) is 0 Å². The van der Waals surface area contributed by atoms with Crippen molar-refractivity contribution >= 4 is 70.1 Å². The minimum Gasteiger partial charge on any atom is -0.310 e. The first-order valence-corrected chi connectivity index (χ1v) is 14.4. The minimum absolute atomic E-state index is 1.14. The van der Waals surface area contributed by atoms with E-state index < -0.39 is 0 Å². The Morgan fingerprint density at radius 3 is 1.95 bits per heavy atom. The maximum Gasteiger partial charge on any atom is 0.0546 e. The maximum atomic E-state index is 2.41.